The Bertz CT molecular complexity index is 165. The van der Waals surface area contributed by atoms with Crippen molar-refractivity contribution in [3.8, 4) is 0 Å². The summed E-state index contributed by atoms with van der Waals surface area (Å²) < 4.78 is 21.4. The van der Waals surface area contributed by atoms with Gasteiger partial charge in [-0.3, -0.25) is 4.84 Å². The van der Waals surface area contributed by atoms with Crippen molar-refractivity contribution in [2.45, 2.75) is 6.42 Å². The van der Waals surface area contributed by atoms with Crippen LogP contribution in [0.2, 0.25) is 0 Å². The predicted molar refractivity (Wildman–Crippen MR) is 37.6 cm³/mol. The molecule has 3 N–H and O–H groups in total. The van der Waals surface area contributed by atoms with E-state index in [1.807, 2.05) is 4.89 Å². The molecule has 6 heteroatoms. The van der Waals surface area contributed by atoms with Gasteiger partial charge in [-0.05, 0) is 13.0 Å². The van der Waals surface area contributed by atoms with E-state index in [1.54, 1.807) is 0 Å². The summed E-state index contributed by atoms with van der Waals surface area (Å²) in [6, 6.07) is 0. The first-order valence-electron chi connectivity index (χ1n) is 2.85. The summed E-state index contributed by atoms with van der Waals surface area (Å²) in [5, 5.41) is 0. The molecule has 0 amide bonds. The van der Waals surface area contributed by atoms with Gasteiger partial charge >= 0.3 is 0 Å². The van der Waals surface area contributed by atoms with Gasteiger partial charge in [0.05, 0.1) is 12.9 Å². The van der Waals surface area contributed by atoms with Crippen LogP contribution in [0, 0.1) is 0 Å². The quantitative estimate of drug-likeness (QED) is 0.506. The van der Waals surface area contributed by atoms with Gasteiger partial charge in [0.2, 0.25) is 10.0 Å². The van der Waals surface area contributed by atoms with Gasteiger partial charge in [-0.1, -0.05) is 4.89 Å². The van der Waals surface area contributed by atoms with E-state index in [9.17, 15) is 8.42 Å². The molecule has 5 nitrogen and oxygen atoms in total. The summed E-state index contributed by atoms with van der Waals surface area (Å²) in [5.41, 5.74) is 5.10. The lowest BCUT2D eigenvalue weighted by molar-refractivity contribution is 0.153. The Kier molecular flexibility index (Phi) is 4.54. The van der Waals surface area contributed by atoms with Crippen LogP contribution in [0.15, 0.2) is 0 Å². The summed E-state index contributed by atoms with van der Waals surface area (Å²) in [7, 11) is -2.00. The minimum absolute atomic E-state index is 0.0112. The van der Waals surface area contributed by atoms with E-state index in [0.717, 1.165) is 0 Å². The third-order valence-corrected chi connectivity index (χ3v) is 2.07. The molecule has 0 aliphatic carbocycles. The fraction of sp³-hybridized carbons (Fsp3) is 1.00. The summed E-state index contributed by atoms with van der Waals surface area (Å²) in [4.78, 5) is 6.10. The van der Waals surface area contributed by atoms with Crippen LogP contribution in [-0.4, -0.2) is 27.8 Å². The molecule has 0 fully saturated rings. The maximum atomic E-state index is 10.7. The van der Waals surface area contributed by atoms with Crippen molar-refractivity contribution in [3.63, 3.8) is 0 Å². The summed E-state index contributed by atoms with van der Waals surface area (Å²) >= 11 is 0. The van der Waals surface area contributed by atoms with Crippen molar-refractivity contribution in [3.05, 3.63) is 0 Å². The monoisotopic (exact) mass is 168 g/mol. The van der Waals surface area contributed by atoms with Crippen molar-refractivity contribution < 1.29 is 13.3 Å². The van der Waals surface area contributed by atoms with E-state index in [1.165, 1.54) is 7.11 Å². The Balaban J connectivity index is 3.65. The Labute approximate surface area is 60.6 Å². The van der Waals surface area contributed by atoms with E-state index in [4.69, 9.17) is 5.73 Å². The van der Waals surface area contributed by atoms with Crippen molar-refractivity contribution >= 4 is 10.0 Å². The molecule has 0 aliphatic rings. The summed E-state index contributed by atoms with van der Waals surface area (Å²) in [6.45, 7) is 0.366. The van der Waals surface area contributed by atoms with Gasteiger partial charge in [0.15, 0.2) is 0 Å². The number of hydrogen-bond acceptors (Lipinski definition) is 4. The second-order valence-corrected chi connectivity index (χ2v) is 3.55. The highest BCUT2D eigenvalue weighted by atomic mass is 32.2. The smallest absolute Gasteiger partial charge is 0.233 e. The topological polar surface area (TPSA) is 81.4 Å². The van der Waals surface area contributed by atoms with Crippen LogP contribution in [0.4, 0.5) is 0 Å². The molecule has 0 aromatic heterocycles. The zero-order valence-corrected chi connectivity index (χ0v) is 6.65. The van der Waals surface area contributed by atoms with Gasteiger partial charge in [0, 0.05) is 0 Å². The van der Waals surface area contributed by atoms with Gasteiger partial charge in [0.1, 0.15) is 0 Å². The maximum absolute atomic E-state index is 10.7. The second-order valence-electron chi connectivity index (χ2n) is 1.75. The van der Waals surface area contributed by atoms with Gasteiger partial charge in [0.25, 0.3) is 0 Å². The minimum atomic E-state index is -3.25. The van der Waals surface area contributed by atoms with E-state index in [-0.39, 0.29) is 5.75 Å². The lowest BCUT2D eigenvalue weighted by atomic mass is 10.5. The normalized spacial score (nSPS) is 11.8. The standard InChI is InChI=1S/C4H12N2O3S/c1-9-6-10(7,8)4-2-3-5/h6H,2-5H2,1H3. The largest absolute Gasteiger partial charge is 0.330 e. The van der Waals surface area contributed by atoms with Gasteiger partial charge in [-0.25, -0.2) is 8.42 Å². The molecule has 0 aliphatic heterocycles. The van der Waals surface area contributed by atoms with Crippen LogP contribution in [0.3, 0.4) is 0 Å². The molecule has 0 aromatic carbocycles. The molecule has 0 rings (SSSR count). The average Bonchev–Trinajstić information content (AvgIpc) is 1.84. The number of nitrogens with one attached hydrogen (secondary N) is 1. The SMILES string of the molecule is CONS(=O)(=O)CCCN. The van der Waals surface area contributed by atoms with Crippen molar-refractivity contribution in [2.24, 2.45) is 5.73 Å². The second kappa shape index (κ2) is 4.62. The zero-order valence-electron chi connectivity index (χ0n) is 5.83. The van der Waals surface area contributed by atoms with Crippen LogP contribution < -0.4 is 10.6 Å². The molecule has 0 bridgehead atoms. The Morgan fingerprint density at radius 3 is 2.60 bits per heavy atom. The van der Waals surface area contributed by atoms with Gasteiger partial charge < -0.3 is 5.73 Å². The Morgan fingerprint density at radius 1 is 1.60 bits per heavy atom. The van der Waals surface area contributed by atoms with Crippen molar-refractivity contribution in [2.75, 3.05) is 19.4 Å². The lowest BCUT2D eigenvalue weighted by Gasteiger charge is -2.01. The Morgan fingerprint density at radius 2 is 2.20 bits per heavy atom. The molecule has 62 valence electrons. The molecular weight excluding hydrogens is 156 g/mol. The zero-order chi connectivity index (χ0) is 8.04. The van der Waals surface area contributed by atoms with Crippen molar-refractivity contribution in [1.29, 1.82) is 0 Å². The van der Waals surface area contributed by atoms with E-state index >= 15 is 0 Å². The third kappa shape index (κ3) is 4.68. The molecule has 0 spiro atoms. The highest BCUT2D eigenvalue weighted by Gasteiger charge is 2.06. The van der Waals surface area contributed by atoms with Crippen LogP contribution >= 0.6 is 0 Å². The van der Waals surface area contributed by atoms with E-state index < -0.39 is 10.0 Å². The van der Waals surface area contributed by atoms with E-state index in [2.05, 4.69) is 4.84 Å². The van der Waals surface area contributed by atoms with Crippen molar-refractivity contribution in [1.82, 2.24) is 4.89 Å². The lowest BCUT2D eigenvalue weighted by Crippen LogP contribution is -2.26. The fourth-order valence-electron chi connectivity index (χ4n) is 0.442. The molecule has 10 heavy (non-hydrogen) atoms. The molecule has 0 saturated carbocycles. The fourth-order valence-corrected chi connectivity index (χ4v) is 1.33. The van der Waals surface area contributed by atoms with Gasteiger partial charge in [-0.15, -0.1) is 0 Å². The van der Waals surface area contributed by atoms with Crippen LogP contribution in [-0.2, 0) is 14.9 Å². The molecule has 0 heterocycles. The molecule has 0 aromatic rings. The molecule has 0 atom stereocenters. The maximum Gasteiger partial charge on any atom is 0.233 e. The first-order valence-corrected chi connectivity index (χ1v) is 4.50. The molecular formula is C4H12N2O3S. The van der Waals surface area contributed by atoms with Crippen LogP contribution in [0.25, 0.3) is 0 Å². The molecule has 0 unspecified atom stereocenters. The predicted octanol–water partition coefficient (Wildman–Crippen LogP) is -1.18. The third-order valence-electron chi connectivity index (χ3n) is 0.827. The molecule has 0 radical (unpaired) electrons. The number of nitrogens with two attached hydrogens (primary N) is 1. The van der Waals surface area contributed by atoms with E-state index in [0.29, 0.717) is 13.0 Å². The average molecular weight is 168 g/mol. The number of sulfonamides is 1. The van der Waals surface area contributed by atoms with Crippen LogP contribution in [0.5, 0.6) is 0 Å². The van der Waals surface area contributed by atoms with Gasteiger partial charge in [-0.2, -0.15) is 0 Å². The first kappa shape index (κ1) is 9.83. The highest BCUT2D eigenvalue weighted by molar-refractivity contribution is 7.89. The summed E-state index contributed by atoms with van der Waals surface area (Å²) in [5.74, 6) is 0.0112. The molecule has 0 saturated heterocycles. The minimum Gasteiger partial charge on any atom is -0.330 e. The number of rotatable bonds is 5. The first-order chi connectivity index (χ1) is 4.62. The number of hydrogen-bond donors (Lipinski definition) is 2. The highest BCUT2D eigenvalue weighted by Crippen LogP contribution is 1.86. The van der Waals surface area contributed by atoms with Crippen LogP contribution in [0.1, 0.15) is 6.42 Å². The summed E-state index contributed by atoms with van der Waals surface area (Å²) in [6.07, 6.45) is 0.443. The Hall–Kier alpha value is -0.170.